The molecule has 0 aliphatic carbocycles. The molecule has 0 atom stereocenters. The molecule has 228 valence electrons. The Hall–Kier alpha value is -6.17. The van der Waals surface area contributed by atoms with Crippen LogP contribution >= 0.6 is 11.3 Å². The molecule has 1 aliphatic heterocycles. The summed E-state index contributed by atoms with van der Waals surface area (Å²) in [4.78, 5) is 1.24. The monoisotopic (exact) mass is 634 g/mol. The van der Waals surface area contributed by atoms with Crippen LogP contribution in [0.5, 0.6) is 0 Å². The lowest BCUT2D eigenvalue weighted by Crippen LogP contribution is -2.13. The number of hydrogen-bond donors (Lipinski definition) is 2. The van der Waals surface area contributed by atoms with E-state index in [4.69, 9.17) is 5.41 Å². The van der Waals surface area contributed by atoms with Gasteiger partial charge in [-0.05, 0) is 71.8 Å². The number of fused-ring (bicyclic) bond motifs is 8. The van der Waals surface area contributed by atoms with E-state index in [0.717, 1.165) is 33.8 Å². The van der Waals surface area contributed by atoms with E-state index in [2.05, 4.69) is 149 Å². The lowest BCUT2D eigenvalue weighted by molar-refractivity contribution is 1.09. The molecule has 5 heteroatoms. The molecule has 0 radical (unpaired) electrons. The first-order chi connectivity index (χ1) is 23.6. The Kier molecular flexibility index (Phi) is 6.42. The number of dihydropyridines is 1. The summed E-state index contributed by atoms with van der Waals surface area (Å²) in [7, 11) is 0. The van der Waals surface area contributed by atoms with E-state index in [1.54, 1.807) is 6.08 Å². The van der Waals surface area contributed by atoms with Gasteiger partial charge in [0, 0.05) is 60.5 Å². The van der Waals surface area contributed by atoms with Crippen molar-refractivity contribution >= 4 is 75.6 Å². The number of nitrogens with one attached hydrogen (secondary N) is 2. The normalized spacial score (nSPS) is 14.1. The number of aromatic nitrogens is 2. The minimum absolute atomic E-state index is 0.337. The second kappa shape index (κ2) is 11.0. The van der Waals surface area contributed by atoms with Crippen LogP contribution in [0.15, 0.2) is 170 Å². The first-order valence-corrected chi connectivity index (χ1v) is 16.7. The number of para-hydroxylation sites is 2. The van der Waals surface area contributed by atoms with Gasteiger partial charge in [0.2, 0.25) is 0 Å². The molecule has 4 heterocycles. The smallest absolute Gasteiger partial charge is 0.109 e. The number of thiophene rings is 1. The van der Waals surface area contributed by atoms with E-state index in [0.29, 0.717) is 5.71 Å². The molecular weight excluding hydrogens is 605 g/mol. The maximum atomic E-state index is 8.22. The highest BCUT2D eigenvalue weighted by atomic mass is 32.1. The van der Waals surface area contributed by atoms with E-state index in [9.17, 15) is 0 Å². The number of benzene rings is 5. The van der Waals surface area contributed by atoms with Crippen LogP contribution < -0.4 is 5.32 Å². The summed E-state index contributed by atoms with van der Waals surface area (Å²) < 4.78 is 6.12. The largest absolute Gasteiger partial charge is 0.361 e. The Morgan fingerprint density at radius 1 is 0.646 bits per heavy atom. The topological polar surface area (TPSA) is 45.7 Å². The summed E-state index contributed by atoms with van der Waals surface area (Å²) >= 11 is 1.85. The molecule has 2 N–H and O–H groups in total. The minimum atomic E-state index is 0.337. The van der Waals surface area contributed by atoms with Crippen molar-refractivity contribution in [1.29, 1.82) is 5.41 Å². The Balaban J connectivity index is 1.29. The van der Waals surface area contributed by atoms with Crippen LogP contribution in [0.2, 0.25) is 0 Å². The molecule has 8 aromatic rings. The van der Waals surface area contributed by atoms with Crippen LogP contribution in [0, 0.1) is 5.41 Å². The van der Waals surface area contributed by atoms with Crippen molar-refractivity contribution in [3.63, 3.8) is 0 Å². The third-order valence-electron chi connectivity index (χ3n) is 9.33. The molecule has 0 bridgehead atoms. The summed E-state index contributed by atoms with van der Waals surface area (Å²) in [6.45, 7) is 7.64. The Labute approximate surface area is 281 Å². The van der Waals surface area contributed by atoms with Crippen molar-refractivity contribution in [1.82, 2.24) is 14.5 Å². The highest BCUT2D eigenvalue weighted by Crippen LogP contribution is 2.45. The van der Waals surface area contributed by atoms with Gasteiger partial charge >= 0.3 is 0 Å². The predicted octanol–water partition coefficient (Wildman–Crippen LogP) is 11.2. The van der Waals surface area contributed by atoms with Crippen LogP contribution in [0.25, 0.3) is 70.0 Å². The number of nitrogens with zero attached hydrogens (tertiary/aromatic N) is 2. The van der Waals surface area contributed by atoms with Crippen molar-refractivity contribution < 1.29 is 0 Å². The lowest BCUT2D eigenvalue weighted by Gasteiger charge is -2.16. The third-order valence-corrected chi connectivity index (χ3v) is 10.5. The van der Waals surface area contributed by atoms with E-state index >= 15 is 0 Å². The van der Waals surface area contributed by atoms with E-state index in [-0.39, 0.29) is 0 Å². The van der Waals surface area contributed by atoms with Gasteiger partial charge in [-0.15, -0.1) is 11.3 Å². The van der Waals surface area contributed by atoms with Gasteiger partial charge in [-0.2, -0.15) is 0 Å². The van der Waals surface area contributed by atoms with Crippen LogP contribution in [0.4, 0.5) is 0 Å². The summed E-state index contributed by atoms with van der Waals surface area (Å²) in [5.41, 5.74) is 9.91. The molecule has 9 rings (SSSR count). The molecule has 0 saturated carbocycles. The fourth-order valence-corrected chi connectivity index (χ4v) is 8.38. The van der Waals surface area contributed by atoms with Gasteiger partial charge in [0.15, 0.2) is 0 Å². The Morgan fingerprint density at radius 2 is 1.38 bits per heavy atom. The van der Waals surface area contributed by atoms with Gasteiger partial charge in [-0.25, -0.2) is 0 Å². The fraction of sp³-hybridized carbons (Fsp3) is 0. The highest BCUT2D eigenvalue weighted by molar-refractivity contribution is 7.25. The van der Waals surface area contributed by atoms with Gasteiger partial charge in [-0.1, -0.05) is 92.0 Å². The Morgan fingerprint density at radius 3 is 2.17 bits per heavy atom. The van der Waals surface area contributed by atoms with Crippen LogP contribution in [0.1, 0.15) is 5.56 Å². The molecule has 0 unspecified atom stereocenters. The first-order valence-electron chi connectivity index (χ1n) is 15.9. The highest BCUT2D eigenvalue weighted by Gasteiger charge is 2.21. The Bertz CT molecular complexity index is 2740. The summed E-state index contributed by atoms with van der Waals surface area (Å²) in [6, 6.07) is 41.7. The number of allylic oxidation sites excluding steroid dienone is 6. The molecular formula is C43H30N4S. The average molecular weight is 635 g/mol. The van der Waals surface area contributed by atoms with E-state index in [1.807, 2.05) is 23.6 Å². The van der Waals surface area contributed by atoms with Crippen molar-refractivity contribution in [3.05, 3.63) is 176 Å². The van der Waals surface area contributed by atoms with Gasteiger partial charge in [-0.3, -0.25) is 0 Å². The molecule has 3 aromatic heterocycles. The zero-order chi connectivity index (χ0) is 32.4. The van der Waals surface area contributed by atoms with Crippen LogP contribution in [0.3, 0.4) is 0 Å². The average Bonchev–Trinajstić information content (AvgIpc) is 3.78. The SMILES string of the molecule is C=CC(=N)/C(C=C)=C1/C=CC(c2cccc(-n3c4cc5c6ccccc6n(-c6ccccc6)c5cc4c4c5ccccc5sc43)c2)=CN1. The number of hydrogen-bond acceptors (Lipinski definition) is 3. The predicted molar refractivity (Wildman–Crippen MR) is 206 cm³/mol. The third kappa shape index (κ3) is 4.18. The van der Waals surface area contributed by atoms with Crippen molar-refractivity contribution in [2.45, 2.75) is 0 Å². The zero-order valence-electron chi connectivity index (χ0n) is 26.1. The quantitative estimate of drug-likeness (QED) is 0.176. The lowest BCUT2D eigenvalue weighted by atomic mass is 10.0. The molecule has 0 spiro atoms. The summed E-state index contributed by atoms with van der Waals surface area (Å²) in [6.07, 6.45) is 9.32. The molecule has 48 heavy (non-hydrogen) atoms. The fourth-order valence-electron chi connectivity index (χ4n) is 7.13. The molecule has 1 aliphatic rings. The maximum absolute atomic E-state index is 8.22. The van der Waals surface area contributed by atoms with E-state index in [1.165, 1.54) is 59.1 Å². The second-order valence-corrected chi connectivity index (χ2v) is 13.0. The first kappa shape index (κ1) is 28.1. The second-order valence-electron chi connectivity index (χ2n) is 12.0. The molecule has 0 amide bonds. The van der Waals surface area contributed by atoms with Crippen LogP contribution in [-0.2, 0) is 0 Å². The standard InChI is InChI=1S/C43H30N4S/c1-3-31(36(44)4-2)37-22-21-28(26-45-37)27-13-12-16-30(23-27)47-40-24-34-32-17-8-10-19-38(32)46(29-14-6-5-7-15-29)39(34)25-35(40)42-33-18-9-11-20-41(33)48-43(42)47/h3-26,44-45H,1-2H2/b37-31-,44-36?. The van der Waals surface area contributed by atoms with Crippen molar-refractivity contribution in [2.75, 3.05) is 0 Å². The van der Waals surface area contributed by atoms with Crippen molar-refractivity contribution in [2.24, 2.45) is 0 Å². The zero-order valence-corrected chi connectivity index (χ0v) is 26.9. The van der Waals surface area contributed by atoms with Gasteiger partial charge in [0.1, 0.15) is 4.83 Å². The van der Waals surface area contributed by atoms with Crippen molar-refractivity contribution in [3.8, 4) is 11.4 Å². The van der Waals surface area contributed by atoms with Gasteiger partial charge in [0.05, 0.1) is 22.3 Å². The van der Waals surface area contributed by atoms with Gasteiger partial charge < -0.3 is 19.9 Å². The maximum Gasteiger partial charge on any atom is 0.109 e. The van der Waals surface area contributed by atoms with Crippen LogP contribution in [-0.4, -0.2) is 14.8 Å². The summed E-state index contributed by atoms with van der Waals surface area (Å²) in [5.74, 6) is 0. The molecule has 4 nitrogen and oxygen atoms in total. The molecule has 0 saturated heterocycles. The van der Waals surface area contributed by atoms with E-state index < -0.39 is 0 Å². The summed E-state index contributed by atoms with van der Waals surface area (Å²) in [5, 5.41) is 17.9. The minimum Gasteiger partial charge on any atom is -0.361 e. The molecule has 5 aromatic carbocycles. The number of rotatable bonds is 6. The molecule has 0 fully saturated rings. The van der Waals surface area contributed by atoms with Gasteiger partial charge in [0.25, 0.3) is 0 Å².